The highest BCUT2D eigenvalue weighted by Gasteiger charge is 2.15. The predicted octanol–water partition coefficient (Wildman–Crippen LogP) is 1.76. The van der Waals surface area contributed by atoms with Gasteiger partial charge in [-0.2, -0.15) is 0 Å². The molecule has 112 valence electrons. The Morgan fingerprint density at radius 3 is 2.71 bits per heavy atom. The molecule has 0 aliphatic carbocycles. The SMILES string of the molecule is C=CCNC(=O)NC(=O)COC(=O)c1ccc(Br)cc1F. The van der Waals surface area contributed by atoms with Gasteiger partial charge in [-0.15, -0.1) is 6.58 Å². The van der Waals surface area contributed by atoms with Gasteiger partial charge in [0.1, 0.15) is 5.82 Å². The number of nitrogens with one attached hydrogen (secondary N) is 2. The third-order valence-corrected chi connectivity index (χ3v) is 2.64. The van der Waals surface area contributed by atoms with Gasteiger partial charge in [-0.1, -0.05) is 22.0 Å². The van der Waals surface area contributed by atoms with E-state index < -0.39 is 30.3 Å². The highest BCUT2D eigenvalue weighted by molar-refractivity contribution is 9.10. The van der Waals surface area contributed by atoms with Crippen LogP contribution in [0.3, 0.4) is 0 Å². The zero-order chi connectivity index (χ0) is 15.8. The molecule has 1 aromatic carbocycles. The Bertz CT molecular complexity index is 577. The molecule has 21 heavy (non-hydrogen) atoms. The standard InChI is InChI=1S/C13H12BrFN2O4/c1-2-5-16-13(20)17-11(18)7-21-12(19)9-4-3-8(14)6-10(9)15/h2-4,6H,1,5,7H2,(H2,16,17,18,20). The number of rotatable bonds is 5. The van der Waals surface area contributed by atoms with E-state index in [0.29, 0.717) is 4.47 Å². The zero-order valence-corrected chi connectivity index (χ0v) is 12.4. The summed E-state index contributed by atoms with van der Waals surface area (Å²) in [7, 11) is 0. The average molecular weight is 359 g/mol. The minimum Gasteiger partial charge on any atom is -0.452 e. The van der Waals surface area contributed by atoms with E-state index >= 15 is 0 Å². The van der Waals surface area contributed by atoms with E-state index in [4.69, 9.17) is 0 Å². The van der Waals surface area contributed by atoms with Crippen molar-refractivity contribution in [3.05, 3.63) is 46.7 Å². The molecule has 0 bridgehead atoms. The molecule has 0 aliphatic rings. The minimum atomic E-state index is -0.998. The van der Waals surface area contributed by atoms with Gasteiger partial charge in [-0.05, 0) is 18.2 Å². The molecular formula is C13H12BrFN2O4. The molecule has 0 fully saturated rings. The Balaban J connectivity index is 2.47. The highest BCUT2D eigenvalue weighted by Crippen LogP contribution is 2.15. The first-order valence-corrected chi connectivity index (χ1v) is 6.54. The van der Waals surface area contributed by atoms with Gasteiger partial charge in [0.25, 0.3) is 5.91 Å². The number of urea groups is 1. The molecule has 8 heteroatoms. The second kappa shape index (κ2) is 8.15. The van der Waals surface area contributed by atoms with Crippen LogP contribution < -0.4 is 10.6 Å². The third-order valence-electron chi connectivity index (χ3n) is 2.15. The second-order valence-corrected chi connectivity index (χ2v) is 4.66. The van der Waals surface area contributed by atoms with Gasteiger partial charge < -0.3 is 10.1 Å². The number of amides is 3. The molecule has 2 N–H and O–H groups in total. The summed E-state index contributed by atoms with van der Waals surface area (Å²) in [5.41, 5.74) is -0.304. The number of benzene rings is 1. The Morgan fingerprint density at radius 2 is 2.10 bits per heavy atom. The van der Waals surface area contributed by atoms with Crippen molar-refractivity contribution in [2.75, 3.05) is 13.2 Å². The fraction of sp³-hybridized carbons (Fsp3) is 0.154. The molecule has 0 aromatic heterocycles. The van der Waals surface area contributed by atoms with Crippen LogP contribution in [0.4, 0.5) is 9.18 Å². The molecule has 3 amide bonds. The Kier molecular flexibility index (Phi) is 6.54. The van der Waals surface area contributed by atoms with Crippen LogP contribution in [0.2, 0.25) is 0 Å². The van der Waals surface area contributed by atoms with E-state index in [1.165, 1.54) is 18.2 Å². The largest absolute Gasteiger partial charge is 0.452 e. The fourth-order valence-corrected chi connectivity index (χ4v) is 1.57. The van der Waals surface area contributed by atoms with Crippen LogP contribution in [0.25, 0.3) is 0 Å². The molecule has 0 unspecified atom stereocenters. The maximum absolute atomic E-state index is 13.5. The maximum Gasteiger partial charge on any atom is 0.341 e. The number of carbonyl (C=O) groups excluding carboxylic acids is 3. The molecule has 0 saturated carbocycles. The van der Waals surface area contributed by atoms with Crippen molar-refractivity contribution in [2.45, 2.75) is 0 Å². The Morgan fingerprint density at radius 1 is 1.38 bits per heavy atom. The molecule has 0 atom stereocenters. The van der Waals surface area contributed by atoms with Crippen LogP contribution in [0.15, 0.2) is 35.3 Å². The van der Waals surface area contributed by atoms with Crippen LogP contribution in [0.5, 0.6) is 0 Å². The van der Waals surface area contributed by atoms with Crippen molar-refractivity contribution >= 4 is 33.8 Å². The van der Waals surface area contributed by atoms with Crippen LogP contribution >= 0.6 is 15.9 Å². The Labute approximate surface area is 128 Å². The summed E-state index contributed by atoms with van der Waals surface area (Å²) < 4.78 is 18.5. The second-order valence-electron chi connectivity index (χ2n) is 3.75. The van der Waals surface area contributed by atoms with E-state index in [0.717, 1.165) is 6.07 Å². The quantitative estimate of drug-likeness (QED) is 0.620. The van der Waals surface area contributed by atoms with E-state index in [-0.39, 0.29) is 12.1 Å². The lowest BCUT2D eigenvalue weighted by atomic mass is 10.2. The summed E-state index contributed by atoms with van der Waals surface area (Å²) >= 11 is 3.05. The van der Waals surface area contributed by atoms with Gasteiger partial charge in [0, 0.05) is 11.0 Å². The molecule has 0 aliphatic heterocycles. The van der Waals surface area contributed by atoms with Gasteiger partial charge in [0.15, 0.2) is 6.61 Å². The van der Waals surface area contributed by atoms with E-state index in [9.17, 15) is 18.8 Å². The van der Waals surface area contributed by atoms with Gasteiger partial charge in [0.2, 0.25) is 0 Å². The molecule has 6 nitrogen and oxygen atoms in total. The number of imide groups is 1. The summed E-state index contributed by atoms with van der Waals surface area (Å²) in [6.07, 6.45) is 1.43. The van der Waals surface area contributed by atoms with Crippen LogP contribution in [0, 0.1) is 5.82 Å². The molecule has 0 spiro atoms. The predicted molar refractivity (Wildman–Crippen MR) is 76.1 cm³/mol. The number of carbonyl (C=O) groups is 3. The first kappa shape index (κ1) is 16.8. The monoisotopic (exact) mass is 358 g/mol. The van der Waals surface area contributed by atoms with Crippen molar-refractivity contribution < 1.29 is 23.5 Å². The minimum absolute atomic E-state index is 0.184. The first-order valence-electron chi connectivity index (χ1n) is 5.74. The van der Waals surface area contributed by atoms with Gasteiger partial charge in [-0.25, -0.2) is 14.0 Å². The number of esters is 1. The lowest BCUT2D eigenvalue weighted by molar-refractivity contribution is -0.123. The third kappa shape index (κ3) is 5.74. The van der Waals surface area contributed by atoms with Crippen molar-refractivity contribution in [3.8, 4) is 0 Å². The van der Waals surface area contributed by atoms with Crippen molar-refractivity contribution in [1.82, 2.24) is 10.6 Å². The summed E-state index contributed by atoms with van der Waals surface area (Å²) in [6.45, 7) is 2.87. The molecule has 1 aromatic rings. The number of hydrogen-bond acceptors (Lipinski definition) is 4. The fourth-order valence-electron chi connectivity index (χ4n) is 1.24. The van der Waals surface area contributed by atoms with Crippen molar-refractivity contribution in [3.63, 3.8) is 0 Å². The van der Waals surface area contributed by atoms with Crippen LogP contribution in [-0.4, -0.2) is 31.1 Å². The number of halogens is 2. The van der Waals surface area contributed by atoms with E-state index in [1.807, 2.05) is 5.32 Å². The smallest absolute Gasteiger partial charge is 0.341 e. The molecule has 0 radical (unpaired) electrons. The maximum atomic E-state index is 13.5. The molecule has 0 heterocycles. The van der Waals surface area contributed by atoms with Gasteiger partial charge >= 0.3 is 12.0 Å². The van der Waals surface area contributed by atoms with E-state index in [2.05, 4.69) is 32.6 Å². The van der Waals surface area contributed by atoms with Crippen molar-refractivity contribution in [2.24, 2.45) is 0 Å². The topological polar surface area (TPSA) is 84.5 Å². The van der Waals surface area contributed by atoms with Crippen LogP contribution in [0.1, 0.15) is 10.4 Å². The van der Waals surface area contributed by atoms with Gasteiger partial charge in [-0.3, -0.25) is 10.1 Å². The Hall–Kier alpha value is -2.22. The zero-order valence-electron chi connectivity index (χ0n) is 10.8. The summed E-state index contributed by atoms with van der Waals surface area (Å²) in [6, 6.07) is 3.03. The lowest BCUT2D eigenvalue weighted by Crippen LogP contribution is -2.41. The number of ether oxygens (including phenoxy) is 1. The molecule has 1 rings (SSSR count). The highest BCUT2D eigenvalue weighted by atomic mass is 79.9. The normalized spacial score (nSPS) is 9.62. The summed E-state index contributed by atoms with van der Waals surface area (Å²) in [5.74, 6) is -2.61. The summed E-state index contributed by atoms with van der Waals surface area (Å²) in [4.78, 5) is 34.0. The van der Waals surface area contributed by atoms with Crippen LogP contribution in [-0.2, 0) is 9.53 Å². The van der Waals surface area contributed by atoms with Gasteiger partial charge in [0.05, 0.1) is 5.56 Å². The lowest BCUT2D eigenvalue weighted by Gasteiger charge is -2.07. The first-order chi connectivity index (χ1) is 9.93. The molecular weight excluding hydrogens is 347 g/mol. The average Bonchev–Trinajstić information content (AvgIpc) is 2.42. The molecule has 0 saturated heterocycles. The van der Waals surface area contributed by atoms with E-state index in [1.54, 1.807) is 0 Å². The van der Waals surface area contributed by atoms with Crippen molar-refractivity contribution in [1.29, 1.82) is 0 Å². The number of hydrogen-bond donors (Lipinski definition) is 2. The summed E-state index contributed by atoms with van der Waals surface area (Å²) in [5, 5.41) is 4.23.